The predicted octanol–water partition coefficient (Wildman–Crippen LogP) is 3.76. The lowest BCUT2D eigenvalue weighted by Crippen LogP contribution is -2.47. The Morgan fingerprint density at radius 2 is 2.23 bits per heavy atom. The number of likely N-dealkylation sites (tertiary alicyclic amines) is 1. The molecule has 0 saturated carbocycles. The van der Waals surface area contributed by atoms with Crippen LogP contribution in [0.15, 0.2) is 18.2 Å². The van der Waals surface area contributed by atoms with Crippen LogP contribution in [0, 0.1) is 17.2 Å². The summed E-state index contributed by atoms with van der Waals surface area (Å²) in [6, 6.07) is 8.43. The second-order valence-electron chi connectivity index (χ2n) is 6.79. The molecule has 0 unspecified atom stereocenters. The molecule has 1 fully saturated rings. The summed E-state index contributed by atoms with van der Waals surface area (Å²) in [5.74, 6) is 0.608. The average Bonchev–Trinajstić information content (AvgIpc) is 2.46. The van der Waals surface area contributed by atoms with E-state index in [2.05, 4.69) is 36.8 Å². The zero-order valence-electron chi connectivity index (χ0n) is 13.8. The molecular weight excluding hydrogens is 294 g/mol. The fourth-order valence-corrected chi connectivity index (χ4v) is 3.46. The summed E-state index contributed by atoms with van der Waals surface area (Å²) in [6.07, 6.45) is 2.48. The highest BCUT2D eigenvalue weighted by Gasteiger charge is 2.25. The summed E-state index contributed by atoms with van der Waals surface area (Å²) in [4.78, 5) is 4.94. The average molecular weight is 320 g/mol. The number of rotatable bonds is 5. The second kappa shape index (κ2) is 7.97. The molecule has 0 aliphatic carbocycles. The fourth-order valence-electron chi connectivity index (χ4n) is 3.27. The van der Waals surface area contributed by atoms with E-state index in [0.717, 1.165) is 30.8 Å². The van der Waals surface area contributed by atoms with Crippen LogP contribution in [-0.4, -0.2) is 42.5 Å². The van der Waals surface area contributed by atoms with Crippen molar-refractivity contribution in [3.63, 3.8) is 0 Å². The van der Waals surface area contributed by atoms with E-state index >= 15 is 0 Å². The van der Waals surface area contributed by atoms with E-state index in [1.165, 1.54) is 19.4 Å². The van der Waals surface area contributed by atoms with Crippen molar-refractivity contribution in [2.75, 3.05) is 26.7 Å². The van der Waals surface area contributed by atoms with Gasteiger partial charge >= 0.3 is 0 Å². The van der Waals surface area contributed by atoms with E-state index in [0.29, 0.717) is 17.0 Å². The van der Waals surface area contributed by atoms with Gasteiger partial charge in [0, 0.05) is 30.7 Å². The summed E-state index contributed by atoms with van der Waals surface area (Å²) in [6.45, 7) is 8.66. The normalized spacial score (nSPS) is 19.6. The molecule has 0 bridgehead atoms. The first kappa shape index (κ1) is 17.3. The standard InChI is InChI=1S/C18H26ClN3/c1-14(2)11-22(18-5-4-8-21(3)13-18)12-16-9-17(19)7-6-15(16)10-20/h6-7,9,14,18H,4-5,8,11-13H2,1-3H3/t18-/m0/s1. The maximum atomic E-state index is 9.34. The SMILES string of the molecule is CC(C)CN(Cc1cc(Cl)ccc1C#N)[C@H]1CCCN(C)C1. The van der Waals surface area contributed by atoms with Crippen LogP contribution < -0.4 is 0 Å². The molecule has 1 aliphatic heterocycles. The van der Waals surface area contributed by atoms with Gasteiger partial charge < -0.3 is 4.90 Å². The van der Waals surface area contributed by atoms with Crippen LogP contribution >= 0.6 is 11.6 Å². The molecule has 1 saturated heterocycles. The third-order valence-corrected chi connectivity index (χ3v) is 4.51. The van der Waals surface area contributed by atoms with Crippen LogP contribution in [0.2, 0.25) is 5.02 Å². The minimum absolute atomic E-state index is 0.562. The predicted molar refractivity (Wildman–Crippen MR) is 91.9 cm³/mol. The number of benzene rings is 1. The molecule has 22 heavy (non-hydrogen) atoms. The monoisotopic (exact) mass is 319 g/mol. The summed E-state index contributed by atoms with van der Waals surface area (Å²) < 4.78 is 0. The van der Waals surface area contributed by atoms with Gasteiger partial charge in [-0.05, 0) is 56.1 Å². The van der Waals surface area contributed by atoms with Crippen molar-refractivity contribution in [1.29, 1.82) is 5.26 Å². The minimum atomic E-state index is 0.562. The van der Waals surface area contributed by atoms with E-state index in [4.69, 9.17) is 11.6 Å². The molecule has 1 aromatic rings. The van der Waals surface area contributed by atoms with E-state index < -0.39 is 0 Å². The Balaban J connectivity index is 2.19. The summed E-state index contributed by atoms with van der Waals surface area (Å²) >= 11 is 6.14. The van der Waals surface area contributed by atoms with Gasteiger partial charge in [-0.3, -0.25) is 4.90 Å². The first-order valence-electron chi connectivity index (χ1n) is 8.10. The van der Waals surface area contributed by atoms with E-state index in [1.54, 1.807) is 6.07 Å². The van der Waals surface area contributed by atoms with Crippen molar-refractivity contribution >= 4 is 11.6 Å². The van der Waals surface area contributed by atoms with E-state index in [1.807, 2.05) is 12.1 Å². The Bertz CT molecular complexity index is 536. The van der Waals surface area contributed by atoms with Crippen LogP contribution in [0.4, 0.5) is 0 Å². The van der Waals surface area contributed by atoms with Crippen LogP contribution in [0.5, 0.6) is 0 Å². The van der Waals surface area contributed by atoms with Gasteiger partial charge in [-0.2, -0.15) is 5.26 Å². The molecule has 1 aromatic carbocycles. The van der Waals surface area contributed by atoms with Crippen LogP contribution in [0.1, 0.15) is 37.8 Å². The Hall–Kier alpha value is -1.08. The van der Waals surface area contributed by atoms with Crippen molar-refractivity contribution in [2.45, 2.75) is 39.3 Å². The van der Waals surface area contributed by atoms with Crippen molar-refractivity contribution in [3.8, 4) is 6.07 Å². The van der Waals surface area contributed by atoms with Crippen molar-refractivity contribution in [2.24, 2.45) is 5.92 Å². The van der Waals surface area contributed by atoms with Gasteiger partial charge in [0.05, 0.1) is 11.6 Å². The van der Waals surface area contributed by atoms with Crippen molar-refractivity contribution in [3.05, 3.63) is 34.3 Å². The molecule has 1 atom stereocenters. The van der Waals surface area contributed by atoms with Gasteiger partial charge in [0.2, 0.25) is 0 Å². The highest BCUT2D eigenvalue weighted by molar-refractivity contribution is 6.30. The molecule has 0 N–H and O–H groups in total. The molecule has 3 nitrogen and oxygen atoms in total. The summed E-state index contributed by atoms with van der Waals surface area (Å²) in [5.41, 5.74) is 1.78. The number of nitriles is 1. The second-order valence-corrected chi connectivity index (χ2v) is 7.23. The molecule has 2 rings (SSSR count). The lowest BCUT2D eigenvalue weighted by atomic mass is 10.0. The molecule has 0 aromatic heterocycles. The number of hydrogen-bond acceptors (Lipinski definition) is 3. The molecule has 1 heterocycles. The summed E-state index contributed by atoms with van der Waals surface area (Å²) in [7, 11) is 2.19. The first-order valence-corrected chi connectivity index (χ1v) is 8.48. The third kappa shape index (κ3) is 4.71. The highest BCUT2D eigenvalue weighted by atomic mass is 35.5. The quantitative estimate of drug-likeness (QED) is 0.827. The molecule has 4 heteroatoms. The number of piperidine rings is 1. The van der Waals surface area contributed by atoms with Crippen molar-refractivity contribution in [1.82, 2.24) is 9.80 Å². The smallest absolute Gasteiger partial charge is 0.0995 e. The largest absolute Gasteiger partial charge is 0.305 e. The maximum Gasteiger partial charge on any atom is 0.0995 e. The number of hydrogen-bond donors (Lipinski definition) is 0. The minimum Gasteiger partial charge on any atom is -0.305 e. The molecule has 0 radical (unpaired) electrons. The number of halogens is 1. The van der Waals surface area contributed by atoms with E-state index in [-0.39, 0.29) is 0 Å². The number of likely N-dealkylation sites (N-methyl/N-ethyl adjacent to an activating group) is 1. The van der Waals surface area contributed by atoms with Gasteiger partial charge in [-0.25, -0.2) is 0 Å². The van der Waals surface area contributed by atoms with Crippen LogP contribution in [0.3, 0.4) is 0 Å². The Labute approximate surface area is 139 Å². The van der Waals surface area contributed by atoms with Gasteiger partial charge in [-0.1, -0.05) is 25.4 Å². The van der Waals surface area contributed by atoms with Gasteiger partial charge in [0.1, 0.15) is 0 Å². The van der Waals surface area contributed by atoms with Crippen molar-refractivity contribution < 1.29 is 0 Å². The lowest BCUT2D eigenvalue weighted by Gasteiger charge is -2.39. The topological polar surface area (TPSA) is 30.3 Å². The van der Waals surface area contributed by atoms with Crippen LogP contribution in [-0.2, 0) is 6.54 Å². The molecule has 1 aliphatic rings. The third-order valence-electron chi connectivity index (χ3n) is 4.28. The lowest BCUT2D eigenvalue weighted by molar-refractivity contribution is 0.0949. The first-order chi connectivity index (χ1) is 10.5. The molecular formula is C18H26ClN3. The van der Waals surface area contributed by atoms with Crippen LogP contribution in [0.25, 0.3) is 0 Å². The van der Waals surface area contributed by atoms with Gasteiger partial charge in [-0.15, -0.1) is 0 Å². The van der Waals surface area contributed by atoms with Gasteiger partial charge in [0.25, 0.3) is 0 Å². The Morgan fingerprint density at radius 3 is 2.86 bits per heavy atom. The zero-order valence-corrected chi connectivity index (χ0v) is 14.6. The fraction of sp³-hybridized carbons (Fsp3) is 0.611. The Morgan fingerprint density at radius 1 is 1.45 bits per heavy atom. The van der Waals surface area contributed by atoms with Gasteiger partial charge in [0.15, 0.2) is 0 Å². The highest BCUT2D eigenvalue weighted by Crippen LogP contribution is 2.22. The Kier molecular flexibility index (Phi) is 6.26. The molecule has 0 spiro atoms. The van der Waals surface area contributed by atoms with E-state index in [9.17, 15) is 5.26 Å². The zero-order chi connectivity index (χ0) is 16.1. The summed E-state index contributed by atoms with van der Waals surface area (Å²) in [5, 5.41) is 10.0. The number of nitrogens with zero attached hydrogens (tertiary/aromatic N) is 3. The molecule has 120 valence electrons. The molecule has 0 amide bonds. The maximum absolute atomic E-state index is 9.34.